The molecule has 9 nitrogen and oxygen atoms in total. The van der Waals surface area contributed by atoms with Crippen molar-refractivity contribution in [1.29, 1.82) is 0 Å². The second-order valence-electron chi connectivity index (χ2n) is 6.42. The first kappa shape index (κ1) is 20.8. The number of hydrogen-bond acceptors (Lipinski definition) is 9. The minimum atomic E-state index is 0.255. The average Bonchev–Trinajstić information content (AvgIpc) is 3.21. The number of anilines is 2. The zero-order valence-corrected chi connectivity index (χ0v) is 17.9. The van der Waals surface area contributed by atoms with Crippen molar-refractivity contribution in [3.63, 3.8) is 0 Å². The highest BCUT2D eigenvalue weighted by molar-refractivity contribution is 7.99. The lowest BCUT2D eigenvalue weighted by atomic mass is 10.2. The van der Waals surface area contributed by atoms with Crippen LogP contribution in [0.15, 0.2) is 35.7 Å². The fourth-order valence-corrected chi connectivity index (χ4v) is 3.00. The Hall–Kier alpha value is -2.88. The van der Waals surface area contributed by atoms with Crippen LogP contribution in [-0.4, -0.2) is 55.2 Å². The van der Waals surface area contributed by atoms with Crippen molar-refractivity contribution in [3.8, 4) is 11.7 Å². The molecule has 0 spiro atoms. The molecular weight excluding hydrogens is 388 g/mol. The standard InChI is InChI=1S/C19H26N8OS/c1-5-14(3)22-17-23-16(20-4)24-18(25-17)27-12-21-19(26-27)29-11-10-28-15-9-7-6-8-13(15)2/h6-9,12,14H,5,10-11H2,1-4H3,(H2,20,22,23,24,25)/t14-/m1/s1. The second kappa shape index (κ2) is 10.1. The van der Waals surface area contributed by atoms with Gasteiger partial charge in [0.25, 0.3) is 5.95 Å². The lowest BCUT2D eigenvalue weighted by Gasteiger charge is -2.12. The summed E-state index contributed by atoms with van der Waals surface area (Å²) in [6.45, 7) is 6.78. The summed E-state index contributed by atoms with van der Waals surface area (Å²) in [6.07, 6.45) is 2.57. The SMILES string of the molecule is CC[C@@H](C)Nc1nc(NC)nc(-n2cnc(SCCOc3ccccc3C)n2)n1. The molecule has 2 aromatic heterocycles. The number of rotatable bonds is 10. The van der Waals surface area contributed by atoms with Gasteiger partial charge < -0.3 is 15.4 Å². The zero-order valence-electron chi connectivity index (χ0n) is 17.1. The summed E-state index contributed by atoms with van der Waals surface area (Å²) in [5, 5.41) is 11.3. The first-order valence-electron chi connectivity index (χ1n) is 9.52. The normalized spacial score (nSPS) is 11.9. The monoisotopic (exact) mass is 414 g/mol. The van der Waals surface area contributed by atoms with Crippen LogP contribution in [0.4, 0.5) is 11.9 Å². The summed E-state index contributed by atoms with van der Waals surface area (Å²) >= 11 is 1.52. The van der Waals surface area contributed by atoms with E-state index in [-0.39, 0.29) is 6.04 Å². The van der Waals surface area contributed by atoms with Gasteiger partial charge in [0, 0.05) is 18.8 Å². The maximum Gasteiger partial charge on any atom is 0.258 e. The van der Waals surface area contributed by atoms with Crippen molar-refractivity contribution < 1.29 is 4.74 Å². The van der Waals surface area contributed by atoms with E-state index in [2.05, 4.69) is 49.5 Å². The Morgan fingerprint density at radius 2 is 1.97 bits per heavy atom. The van der Waals surface area contributed by atoms with Crippen LogP contribution < -0.4 is 15.4 Å². The van der Waals surface area contributed by atoms with Crippen molar-refractivity contribution in [2.75, 3.05) is 30.0 Å². The Morgan fingerprint density at radius 3 is 2.72 bits per heavy atom. The van der Waals surface area contributed by atoms with E-state index in [1.165, 1.54) is 11.8 Å². The van der Waals surface area contributed by atoms with Crippen LogP contribution in [0, 0.1) is 6.92 Å². The lowest BCUT2D eigenvalue weighted by Crippen LogP contribution is -2.18. The van der Waals surface area contributed by atoms with Gasteiger partial charge in [-0.1, -0.05) is 36.9 Å². The van der Waals surface area contributed by atoms with E-state index in [4.69, 9.17) is 4.74 Å². The van der Waals surface area contributed by atoms with E-state index in [0.29, 0.717) is 29.6 Å². The summed E-state index contributed by atoms with van der Waals surface area (Å²) in [5.41, 5.74) is 1.12. The molecule has 0 aliphatic carbocycles. The van der Waals surface area contributed by atoms with Gasteiger partial charge in [-0.3, -0.25) is 0 Å². The highest BCUT2D eigenvalue weighted by atomic mass is 32.2. The lowest BCUT2D eigenvalue weighted by molar-refractivity contribution is 0.341. The topological polar surface area (TPSA) is 103 Å². The van der Waals surface area contributed by atoms with Crippen LogP contribution in [-0.2, 0) is 0 Å². The molecule has 2 N–H and O–H groups in total. The fraction of sp³-hybridized carbons (Fsp3) is 0.421. The van der Waals surface area contributed by atoms with Gasteiger partial charge in [-0.05, 0) is 31.9 Å². The van der Waals surface area contributed by atoms with Gasteiger partial charge in [0.05, 0.1) is 6.61 Å². The largest absolute Gasteiger partial charge is 0.492 e. The molecule has 29 heavy (non-hydrogen) atoms. The molecule has 3 aromatic rings. The first-order valence-corrected chi connectivity index (χ1v) is 10.5. The summed E-state index contributed by atoms with van der Waals surface area (Å²) in [7, 11) is 1.77. The molecule has 10 heteroatoms. The third-order valence-corrected chi connectivity index (χ3v) is 4.99. The fourth-order valence-electron chi connectivity index (χ4n) is 2.38. The number of benzene rings is 1. The van der Waals surface area contributed by atoms with Gasteiger partial charge in [0.2, 0.25) is 17.1 Å². The molecule has 2 heterocycles. The summed E-state index contributed by atoms with van der Waals surface area (Å²) in [4.78, 5) is 17.5. The Bertz CT molecular complexity index is 932. The van der Waals surface area contributed by atoms with Crippen molar-refractivity contribution in [2.24, 2.45) is 0 Å². The molecule has 0 aliphatic rings. The number of thioether (sulfide) groups is 1. The minimum absolute atomic E-state index is 0.255. The molecule has 0 fully saturated rings. The minimum Gasteiger partial charge on any atom is -0.492 e. The van der Waals surface area contributed by atoms with Gasteiger partial charge >= 0.3 is 0 Å². The van der Waals surface area contributed by atoms with Gasteiger partial charge in [-0.15, -0.1) is 5.10 Å². The van der Waals surface area contributed by atoms with Gasteiger partial charge in [0.15, 0.2) is 0 Å². The number of para-hydroxylation sites is 1. The van der Waals surface area contributed by atoms with Crippen molar-refractivity contribution in [2.45, 2.75) is 38.4 Å². The third kappa shape index (κ3) is 5.80. The molecule has 0 saturated heterocycles. The predicted molar refractivity (Wildman–Crippen MR) is 115 cm³/mol. The van der Waals surface area contributed by atoms with Crippen LogP contribution in [0.3, 0.4) is 0 Å². The van der Waals surface area contributed by atoms with Crippen LogP contribution >= 0.6 is 11.8 Å². The summed E-state index contributed by atoms with van der Waals surface area (Å²) in [5.74, 6) is 3.02. The van der Waals surface area contributed by atoms with Gasteiger partial charge in [0.1, 0.15) is 12.1 Å². The Morgan fingerprint density at radius 1 is 1.17 bits per heavy atom. The maximum absolute atomic E-state index is 5.81. The van der Waals surface area contributed by atoms with Crippen molar-refractivity contribution >= 4 is 23.7 Å². The van der Waals surface area contributed by atoms with E-state index in [1.54, 1.807) is 18.1 Å². The number of hydrogen-bond donors (Lipinski definition) is 2. The Kier molecular flexibility index (Phi) is 7.23. The van der Waals surface area contributed by atoms with Crippen LogP contribution in [0.5, 0.6) is 5.75 Å². The van der Waals surface area contributed by atoms with E-state index in [9.17, 15) is 0 Å². The Labute approximate surface area is 174 Å². The van der Waals surface area contributed by atoms with E-state index in [1.807, 2.05) is 31.2 Å². The molecule has 0 saturated carbocycles. The maximum atomic E-state index is 5.81. The average molecular weight is 415 g/mol. The highest BCUT2D eigenvalue weighted by Gasteiger charge is 2.11. The summed E-state index contributed by atoms with van der Waals surface area (Å²) in [6, 6.07) is 8.22. The van der Waals surface area contributed by atoms with E-state index < -0.39 is 0 Å². The zero-order chi connectivity index (χ0) is 20.6. The number of ether oxygens (including phenoxy) is 1. The van der Waals surface area contributed by atoms with Crippen molar-refractivity contribution in [3.05, 3.63) is 36.2 Å². The predicted octanol–water partition coefficient (Wildman–Crippen LogP) is 3.18. The van der Waals surface area contributed by atoms with Crippen LogP contribution in [0.2, 0.25) is 0 Å². The molecule has 0 aliphatic heterocycles. The molecule has 1 aromatic carbocycles. The molecular formula is C19H26N8OS. The molecule has 3 rings (SSSR count). The van der Waals surface area contributed by atoms with E-state index in [0.717, 1.165) is 23.5 Å². The molecule has 0 bridgehead atoms. The van der Waals surface area contributed by atoms with Gasteiger partial charge in [-0.2, -0.15) is 19.6 Å². The second-order valence-corrected chi connectivity index (χ2v) is 7.48. The molecule has 0 radical (unpaired) electrons. The number of nitrogens with zero attached hydrogens (tertiary/aromatic N) is 6. The number of aromatic nitrogens is 6. The third-order valence-electron chi connectivity index (χ3n) is 4.18. The van der Waals surface area contributed by atoms with E-state index >= 15 is 0 Å². The first-order chi connectivity index (χ1) is 14.1. The molecule has 0 unspecified atom stereocenters. The smallest absolute Gasteiger partial charge is 0.258 e. The number of nitrogens with one attached hydrogen (secondary N) is 2. The highest BCUT2D eigenvalue weighted by Crippen LogP contribution is 2.18. The quantitative estimate of drug-likeness (QED) is 0.382. The van der Waals surface area contributed by atoms with Crippen LogP contribution in [0.1, 0.15) is 25.8 Å². The summed E-state index contributed by atoms with van der Waals surface area (Å²) < 4.78 is 7.36. The Balaban J connectivity index is 1.61. The van der Waals surface area contributed by atoms with Gasteiger partial charge in [-0.25, -0.2) is 4.98 Å². The van der Waals surface area contributed by atoms with Crippen LogP contribution in [0.25, 0.3) is 5.95 Å². The molecule has 0 amide bonds. The van der Waals surface area contributed by atoms with Crippen molar-refractivity contribution in [1.82, 2.24) is 29.7 Å². The molecule has 154 valence electrons. The molecule has 1 atom stereocenters. The number of aryl methyl sites for hydroxylation is 1.